The molecule has 1 N–H and O–H groups in total. The fourth-order valence-electron chi connectivity index (χ4n) is 1.56. The van der Waals surface area contributed by atoms with Gasteiger partial charge in [-0.1, -0.05) is 19.3 Å². The Kier molecular flexibility index (Phi) is 2.29. The van der Waals surface area contributed by atoms with Crippen LogP contribution in [0.15, 0.2) is 0 Å². The molecule has 1 saturated carbocycles. The lowest BCUT2D eigenvalue weighted by Gasteiger charge is -2.31. The third kappa shape index (κ3) is 1.48. The van der Waals surface area contributed by atoms with Crippen molar-refractivity contribution in [2.45, 2.75) is 50.8 Å². The first-order valence-corrected chi connectivity index (χ1v) is 4.02. The van der Waals surface area contributed by atoms with Crippen molar-refractivity contribution in [1.82, 2.24) is 0 Å². The molecule has 1 rings (SSSR count). The summed E-state index contributed by atoms with van der Waals surface area (Å²) in [5.41, 5.74) is -1.27. The Labute approximate surface area is 61.2 Å². The van der Waals surface area contributed by atoms with Gasteiger partial charge < -0.3 is 5.11 Å². The van der Waals surface area contributed by atoms with Crippen LogP contribution in [0, 0.1) is 0 Å². The van der Waals surface area contributed by atoms with Gasteiger partial charge in [0.1, 0.15) is 5.67 Å². The first-order valence-electron chi connectivity index (χ1n) is 4.02. The Morgan fingerprint density at radius 3 is 2.10 bits per heavy atom. The Balaban J connectivity index is 2.48. The molecule has 0 aromatic carbocycles. The second-order valence-corrected chi connectivity index (χ2v) is 3.27. The molecule has 0 aromatic heterocycles. The second kappa shape index (κ2) is 2.87. The van der Waals surface area contributed by atoms with E-state index in [2.05, 4.69) is 0 Å². The van der Waals surface area contributed by atoms with Gasteiger partial charge in [0.15, 0.2) is 0 Å². The Morgan fingerprint density at radius 2 is 1.80 bits per heavy atom. The molecular formula is C8H15FO. The van der Waals surface area contributed by atoms with E-state index in [1.165, 1.54) is 0 Å². The highest BCUT2D eigenvalue weighted by Gasteiger charge is 2.36. The first-order chi connectivity index (χ1) is 4.65. The van der Waals surface area contributed by atoms with Crippen molar-refractivity contribution in [3.63, 3.8) is 0 Å². The topological polar surface area (TPSA) is 20.2 Å². The summed E-state index contributed by atoms with van der Waals surface area (Å²) in [5, 5.41) is 9.06. The van der Waals surface area contributed by atoms with Gasteiger partial charge in [0.25, 0.3) is 0 Å². The van der Waals surface area contributed by atoms with Crippen LogP contribution in [0.25, 0.3) is 0 Å². The van der Waals surface area contributed by atoms with Crippen molar-refractivity contribution in [1.29, 1.82) is 0 Å². The number of aliphatic hydroxyl groups is 1. The molecule has 2 heteroatoms. The molecule has 0 aromatic rings. The van der Waals surface area contributed by atoms with Gasteiger partial charge in [-0.3, -0.25) is 0 Å². The molecule has 0 aliphatic heterocycles. The second-order valence-electron chi connectivity index (χ2n) is 3.27. The maximum Gasteiger partial charge on any atom is 0.136 e. The molecule has 0 amide bonds. The Hall–Kier alpha value is -0.110. The zero-order valence-corrected chi connectivity index (χ0v) is 6.44. The van der Waals surface area contributed by atoms with Crippen LogP contribution < -0.4 is 0 Å². The zero-order valence-electron chi connectivity index (χ0n) is 6.44. The minimum absolute atomic E-state index is 0.546. The summed E-state index contributed by atoms with van der Waals surface area (Å²) >= 11 is 0. The fourth-order valence-corrected chi connectivity index (χ4v) is 1.56. The predicted octanol–water partition coefficient (Wildman–Crippen LogP) is 2.04. The minimum atomic E-state index is -1.27. The van der Waals surface area contributed by atoms with Crippen LogP contribution >= 0.6 is 0 Å². The van der Waals surface area contributed by atoms with Crippen molar-refractivity contribution in [2.24, 2.45) is 0 Å². The van der Waals surface area contributed by atoms with Crippen molar-refractivity contribution in [3.05, 3.63) is 0 Å². The van der Waals surface area contributed by atoms with E-state index in [0.29, 0.717) is 12.8 Å². The van der Waals surface area contributed by atoms with Crippen molar-refractivity contribution >= 4 is 0 Å². The molecule has 0 heterocycles. The van der Waals surface area contributed by atoms with E-state index in [0.717, 1.165) is 19.3 Å². The van der Waals surface area contributed by atoms with Gasteiger partial charge in [0.05, 0.1) is 6.10 Å². The van der Waals surface area contributed by atoms with E-state index in [9.17, 15) is 4.39 Å². The van der Waals surface area contributed by atoms with Crippen molar-refractivity contribution in [2.75, 3.05) is 0 Å². The fraction of sp³-hybridized carbons (Fsp3) is 1.00. The average molecular weight is 146 g/mol. The van der Waals surface area contributed by atoms with Crippen LogP contribution in [0.4, 0.5) is 4.39 Å². The maximum absolute atomic E-state index is 13.4. The van der Waals surface area contributed by atoms with E-state index in [1.54, 1.807) is 6.92 Å². The van der Waals surface area contributed by atoms with Gasteiger partial charge >= 0.3 is 0 Å². The van der Waals surface area contributed by atoms with Gasteiger partial charge in [-0.25, -0.2) is 4.39 Å². The summed E-state index contributed by atoms with van der Waals surface area (Å²) in [6.07, 6.45) is 3.30. The van der Waals surface area contributed by atoms with E-state index in [4.69, 9.17) is 5.11 Å². The van der Waals surface area contributed by atoms with E-state index >= 15 is 0 Å². The summed E-state index contributed by atoms with van der Waals surface area (Å²) in [5.74, 6) is 0. The number of hydrogen-bond acceptors (Lipinski definition) is 1. The van der Waals surface area contributed by atoms with Gasteiger partial charge in [0, 0.05) is 0 Å². The highest BCUT2D eigenvalue weighted by molar-refractivity contribution is 4.87. The Bertz CT molecular complexity index is 106. The summed E-state index contributed by atoms with van der Waals surface area (Å²) in [7, 11) is 0. The SMILES string of the molecule is CC(O)C1(F)CCCCC1. The molecule has 0 bridgehead atoms. The summed E-state index contributed by atoms with van der Waals surface area (Å²) in [4.78, 5) is 0. The van der Waals surface area contributed by atoms with Crippen LogP contribution in [-0.2, 0) is 0 Å². The van der Waals surface area contributed by atoms with E-state index in [1.807, 2.05) is 0 Å². The Morgan fingerprint density at radius 1 is 1.30 bits per heavy atom. The average Bonchev–Trinajstić information content (AvgIpc) is 1.89. The summed E-state index contributed by atoms with van der Waals surface area (Å²) in [6.45, 7) is 1.55. The van der Waals surface area contributed by atoms with Gasteiger partial charge in [-0.2, -0.15) is 0 Å². The predicted molar refractivity (Wildman–Crippen MR) is 38.6 cm³/mol. The van der Waals surface area contributed by atoms with Crippen LogP contribution in [0.5, 0.6) is 0 Å². The molecule has 0 spiro atoms. The zero-order chi connectivity index (χ0) is 7.61. The monoisotopic (exact) mass is 146 g/mol. The number of hydrogen-bond donors (Lipinski definition) is 1. The van der Waals surface area contributed by atoms with Gasteiger partial charge in [-0.05, 0) is 19.8 Å². The van der Waals surface area contributed by atoms with E-state index < -0.39 is 11.8 Å². The molecule has 0 saturated heterocycles. The quantitative estimate of drug-likeness (QED) is 0.600. The normalized spacial score (nSPS) is 27.9. The lowest BCUT2D eigenvalue weighted by atomic mass is 9.83. The molecule has 1 nitrogen and oxygen atoms in total. The third-order valence-corrected chi connectivity index (χ3v) is 2.43. The standard InChI is InChI=1S/C8H15FO/c1-7(10)8(9)5-3-2-4-6-8/h7,10H,2-6H2,1H3. The lowest BCUT2D eigenvalue weighted by Crippen LogP contribution is -2.37. The van der Waals surface area contributed by atoms with E-state index in [-0.39, 0.29) is 0 Å². The number of rotatable bonds is 1. The smallest absolute Gasteiger partial charge is 0.136 e. The molecule has 1 aliphatic rings. The molecule has 10 heavy (non-hydrogen) atoms. The van der Waals surface area contributed by atoms with Crippen LogP contribution in [0.2, 0.25) is 0 Å². The van der Waals surface area contributed by atoms with Gasteiger partial charge in [-0.15, -0.1) is 0 Å². The molecular weight excluding hydrogens is 131 g/mol. The summed E-state index contributed by atoms with van der Waals surface area (Å²) < 4.78 is 13.4. The summed E-state index contributed by atoms with van der Waals surface area (Å²) in [6, 6.07) is 0. The highest BCUT2D eigenvalue weighted by atomic mass is 19.1. The molecule has 1 atom stereocenters. The first kappa shape index (κ1) is 7.99. The third-order valence-electron chi connectivity index (χ3n) is 2.43. The van der Waals surface area contributed by atoms with Crippen LogP contribution in [-0.4, -0.2) is 16.9 Å². The van der Waals surface area contributed by atoms with Crippen molar-refractivity contribution in [3.8, 4) is 0 Å². The molecule has 60 valence electrons. The number of halogens is 1. The molecule has 0 radical (unpaired) electrons. The molecule has 1 aliphatic carbocycles. The minimum Gasteiger partial charge on any atom is -0.390 e. The lowest BCUT2D eigenvalue weighted by molar-refractivity contribution is -0.0233. The van der Waals surface area contributed by atoms with Crippen molar-refractivity contribution < 1.29 is 9.50 Å². The molecule has 1 unspecified atom stereocenters. The van der Waals surface area contributed by atoms with Crippen LogP contribution in [0.1, 0.15) is 39.0 Å². The van der Waals surface area contributed by atoms with Crippen LogP contribution in [0.3, 0.4) is 0 Å². The van der Waals surface area contributed by atoms with Gasteiger partial charge in [0.2, 0.25) is 0 Å². The largest absolute Gasteiger partial charge is 0.390 e. The highest BCUT2D eigenvalue weighted by Crippen LogP contribution is 2.34. The maximum atomic E-state index is 13.4. The number of alkyl halides is 1. The number of aliphatic hydroxyl groups excluding tert-OH is 1. The molecule has 1 fully saturated rings.